The van der Waals surface area contributed by atoms with Crippen molar-refractivity contribution in [1.82, 2.24) is 4.98 Å². The standard InChI is InChI=1S/C12H15N3O/c1-16-11-4-2-3-10(11)15-12-6-5-9(7-13)8-14-12/h5-6,8,10-11H,2-4H2,1H3,(H,14,15). The summed E-state index contributed by atoms with van der Waals surface area (Å²) in [7, 11) is 1.75. The molecular formula is C12H15N3O. The predicted molar refractivity (Wildman–Crippen MR) is 61.0 cm³/mol. The van der Waals surface area contributed by atoms with Crippen molar-refractivity contribution < 1.29 is 4.74 Å². The van der Waals surface area contributed by atoms with Crippen LogP contribution in [0.15, 0.2) is 18.3 Å². The Kier molecular flexibility index (Phi) is 3.37. The van der Waals surface area contributed by atoms with Crippen LogP contribution < -0.4 is 5.32 Å². The van der Waals surface area contributed by atoms with Gasteiger partial charge in [0, 0.05) is 13.3 Å². The number of pyridine rings is 1. The van der Waals surface area contributed by atoms with Crippen molar-refractivity contribution in [3.8, 4) is 6.07 Å². The lowest BCUT2D eigenvalue weighted by Crippen LogP contribution is -2.30. The van der Waals surface area contributed by atoms with E-state index in [-0.39, 0.29) is 6.10 Å². The molecule has 1 aliphatic rings. The second-order valence-electron chi connectivity index (χ2n) is 4.00. The van der Waals surface area contributed by atoms with Crippen LogP contribution in [0.3, 0.4) is 0 Å². The minimum atomic E-state index is 0.275. The summed E-state index contributed by atoms with van der Waals surface area (Å²) in [6, 6.07) is 6.00. The lowest BCUT2D eigenvalue weighted by atomic mass is 10.2. The van der Waals surface area contributed by atoms with Crippen LogP contribution in [0, 0.1) is 11.3 Å². The molecule has 1 heterocycles. The summed E-state index contributed by atoms with van der Waals surface area (Å²) in [5, 5.41) is 12.0. The molecule has 1 saturated carbocycles. The molecule has 0 amide bonds. The van der Waals surface area contributed by atoms with Gasteiger partial charge in [-0.25, -0.2) is 4.98 Å². The van der Waals surface area contributed by atoms with Gasteiger partial charge < -0.3 is 10.1 Å². The first kappa shape index (κ1) is 10.9. The molecule has 1 N–H and O–H groups in total. The molecule has 0 aliphatic heterocycles. The molecule has 0 radical (unpaired) electrons. The predicted octanol–water partition coefficient (Wildman–Crippen LogP) is 1.93. The van der Waals surface area contributed by atoms with E-state index in [9.17, 15) is 0 Å². The summed E-state index contributed by atoms with van der Waals surface area (Å²) in [4.78, 5) is 4.19. The Morgan fingerprint density at radius 3 is 3.00 bits per heavy atom. The first-order chi connectivity index (χ1) is 7.83. The van der Waals surface area contributed by atoms with Gasteiger partial charge in [-0.05, 0) is 31.4 Å². The van der Waals surface area contributed by atoms with Gasteiger partial charge in [-0.15, -0.1) is 0 Å². The molecule has 1 fully saturated rings. The van der Waals surface area contributed by atoms with Gasteiger partial charge in [-0.2, -0.15) is 5.26 Å². The number of ether oxygens (including phenoxy) is 1. The SMILES string of the molecule is COC1CCCC1Nc1ccc(C#N)cn1. The third-order valence-electron chi connectivity index (χ3n) is 2.98. The van der Waals surface area contributed by atoms with E-state index in [1.807, 2.05) is 6.07 Å². The van der Waals surface area contributed by atoms with E-state index in [0.717, 1.165) is 18.7 Å². The number of nitrogens with zero attached hydrogens (tertiary/aromatic N) is 2. The zero-order valence-electron chi connectivity index (χ0n) is 9.31. The fraction of sp³-hybridized carbons (Fsp3) is 0.500. The Bertz CT molecular complexity index is 382. The van der Waals surface area contributed by atoms with Gasteiger partial charge in [0.15, 0.2) is 0 Å². The van der Waals surface area contributed by atoms with Crippen molar-refractivity contribution in [3.63, 3.8) is 0 Å². The topological polar surface area (TPSA) is 57.9 Å². The van der Waals surface area contributed by atoms with E-state index < -0.39 is 0 Å². The number of anilines is 1. The van der Waals surface area contributed by atoms with Crippen molar-refractivity contribution in [2.45, 2.75) is 31.4 Å². The zero-order chi connectivity index (χ0) is 11.4. The van der Waals surface area contributed by atoms with Crippen LogP contribution in [-0.4, -0.2) is 24.2 Å². The molecule has 0 spiro atoms. The van der Waals surface area contributed by atoms with Gasteiger partial charge in [0.05, 0.1) is 17.7 Å². The largest absolute Gasteiger partial charge is 0.379 e. The third-order valence-corrected chi connectivity index (χ3v) is 2.98. The highest BCUT2D eigenvalue weighted by atomic mass is 16.5. The molecule has 4 nitrogen and oxygen atoms in total. The highest BCUT2D eigenvalue weighted by molar-refractivity contribution is 5.40. The number of nitrogens with one attached hydrogen (secondary N) is 1. The van der Waals surface area contributed by atoms with Gasteiger partial charge in [0.2, 0.25) is 0 Å². The molecule has 4 heteroatoms. The van der Waals surface area contributed by atoms with Crippen LogP contribution in [0.25, 0.3) is 0 Å². The number of rotatable bonds is 3. The normalized spacial score (nSPS) is 24.0. The zero-order valence-corrected chi connectivity index (χ0v) is 9.31. The molecule has 1 aromatic heterocycles. The summed E-state index contributed by atoms with van der Waals surface area (Å²) < 4.78 is 5.40. The number of nitriles is 1. The number of hydrogen-bond acceptors (Lipinski definition) is 4. The summed E-state index contributed by atoms with van der Waals surface area (Å²) in [6.07, 6.45) is 5.26. The molecule has 2 unspecified atom stereocenters. The Morgan fingerprint density at radius 1 is 1.50 bits per heavy atom. The van der Waals surface area contributed by atoms with E-state index in [1.54, 1.807) is 19.4 Å². The lowest BCUT2D eigenvalue weighted by molar-refractivity contribution is 0.101. The molecule has 0 aromatic carbocycles. The van der Waals surface area contributed by atoms with E-state index in [0.29, 0.717) is 11.6 Å². The highest BCUT2D eigenvalue weighted by Crippen LogP contribution is 2.24. The van der Waals surface area contributed by atoms with E-state index >= 15 is 0 Å². The molecule has 16 heavy (non-hydrogen) atoms. The fourth-order valence-corrected chi connectivity index (χ4v) is 2.11. The van der Waals surface area contributed by atoms with Crippen LogP contribution in [0.2, 0.25) is 0 Å². The van der Waals surface area contributed by atoms with E-state index in [4.69, 9.17) is 10.00 Å². The van der Waals surface area contributed by atoms with Crippen molar-refractivity contribution in [2.24, 2.45) is 0 Å². The van der Waals surface area contributed by atoms with Crippen molar-refractivity contribution in [1.29, 1.82) is 5.26 Å². The van der Waals surface area contributed by atoms with E-state index in [2.05, 4.69) is 16.4 Å². The summed E-state index contributed by atoms with van der Waals surface area (Å²) in [6.45, 7) is 0. The van der Waals surface area contributed by atoms with Crippen molar-refractivity contribution in [2.75, 3.05) is 12.4 Å². The highest BCUT2D eigenvalue weighted by Gasteiger charge is 2.26. The summed E-state index contributed by atoms with van der Waals surface area (Å²) in [5.41, 5.74) is 0.584. The lowest BCUT2D eigenvalue weighted by Gasteiger charge is -2.19. The average Bonchev–Trinajstić information content (AvgIpc) is 2.77. The minimum Gasteiger partial charge on any atom is -0.379 e. The second kappa shape index (κ2) is 4.95. The molecule has 0 bridgehead atoms. The maximum atomic E-state index is 8.66. The van der Waals surface area contributed by atoms with Gasteiger partial charge in [0.25, 0.3) is 0 Å². The quantitative estimate of drug-likeness (QED) is 0.840. The Balaban J connectivity index is 2.00. The van der Waals surface area contributed by atoms with Gasteiger partial charge in [0.1, 0.15) is 11.9 Å². The van der Waals surface area contributed by atoms with Gasteiger partial charge in [-0.1, -0.05) is 0 Å². The maximum Gasteiger partial charge on any atom is 0.126 e. The maximum absolute atomic E-state index is 8.66. The smallest absolute Gasteiger partial charge is 0.126 e. The molecule has 0 saturated heterocycles. The Labute approximate surface area is 95.3 Å². The Hall–Kier alpha value is -1.60. The number of methoxy groups -OCH3 is 1. The summed E-state index contributed by atoms with van der Waals surface area (Å²) in [5.74, 6) is 0.813. The van der Waals surface area contributed by atoms with Gasteiger partial charge >= 0.3 is 0 Å². The molecular weight excluding hydrogens is 202 g/mol. The first-order valence-electron chi connectivity index (χ1n) is 5.49. The molecule has 2 rings (SSSR count). The van der Waals surface area contributed by atoms with E-state index in [1.165, 1.54) is 6.42 Å². The van der Waals surface area contributed by atoms with Crippen molar-refractivity contribution >= 4 is 5.82 Å². The molecule has 2 atom stereocenters. The average molecular weight is 217 g/mol. The van der Waals surface area contributed by atoms with Crippen LogP contribution in [0.1, 0.15) is 24.8 Å². The van der Waals surface area contributed by atoms with Crippen LogP contribution in [-0.2, 0) is 4.74 Å². The monoisotopic (exact) mass is 217 g/mol. The second-order valence-corrected chi connectivity index (χ2v) is 4.00. The summed E-state index contributed by atoms with van der Waals surface area (Å²) >= 11 is 0. The molecule has 1 aromatic rings. The Morgan fingerprint density at radius 2 is 2.38 bits per heavy atom. The number of hydrogen-bond donors (Lipinski definition) is 1. The minimum absolute atomic E-state index is 0.275. The fourth-order valence-electron chi connectivity index (χ4n) is 2.11. The van der Waals surface area contributed by atoms with Crippen LogP contribution in [0.4, 0.5) is 5.82 Å². The number of aromatic nitrogens is 1. The van der Waals surface area contributed by atoms with Crippen LogP contribution >= 0.6 is 0 Å². The van der Waals surface area contributed by atoms with Crippen molar-refractivity contribution in [3.05, 3.63) is 23.9 Å². The first-order valence-corrected chi connectivity index (χ1v) is 5.49. The third kappa shape index (κ3) is 2.31. The van der Waals surface area contributed by atoms with Crippen LogP contribution in [0.5, 0.6) is 0 Å². The molecule has 84 valence electrons. The molecule has 1 aliphatic carbocycles. The van der Waals surface area contributed by atoms with Gasteiger partial charge in [-0.3, -0.25) is 0 Å².